The van der Waals surface area contributed by atoms with Crippen LogP contribution in [0.3, 0.4) is 0 Å². The molecule has 0 fully saturated rings. The number of hydrogen-bond donors (Lipinski definition) is 2. The molecule has 2 N–H and O–H groups in total. The molecule has 28 heavy (non-hydrogen) atoms. The predicted molar refractivity (Wildman–Crippen MR) is 131 cm³/mol. The molecule has 0 amide bonds. The fourth-order valence-corrected chi connectivity index (χ4v) is 3.26. The van der Waals surface area contributed by atoms with E-state index in [9.17, 15) is 0 Å². The van der Waals surface area contributed by atoms with Crippen molar-refractivity contribution < 1.29 is 0 Å². The highest BCUT2D eigenvalue weighted by atomic mass is 127. The third-order valence-corrected chi connectivity index (χ3v) is 4.99. The lowest BCUT2D eigenvalue weighted by Gasteiger charge is -2.19. The zero-order valence-electron chi connectivity index (χ0n) is 17.0. The summed E-state index contributed by atoms with van der Waals surface area (Å²) < 4.78 is 0. The molecule has 0 spiro atoms. The molecular formula is C23H31IN4. The molecule has 3 rings (SSSR count). The van der Waals surface area contributed by atoms with Crippen molar-refractivity contribution in [2.24, 2.45) is 4.99 Å². The number of benzene rings is 2. The van der Waals surface area contributed by atoms with Gasteiger partial charge in [-0.15, -0.1) is 24.0 Å². The SMILES string of the molecule is CN=C(NCc1ccc(N2CC=CC2)cc1)NCC(C)c1cccc(C)c1.I. The van der Waals surface area contributed by atoms with Gasteiger partial charge in [-0.2, -0.15) is 0 Å². The highest BCUT2D eigenvalue weighted by Crippen LogP contribution is 2.18. The van der Waals surface area contributed by atoms with Crippen LogP contribution in [0.25, 0.3) is 0 Å². The molecule has 1 aliphatic rings. The second kappa shape index (κ2) is 11.1. The highest BCUT2D eigenvalue weighted by molar-refractivity contribution is 14.0. The average Bonchev–Trinajstić information content (AvgIpc) is 3.23. The van der Waals surface area contributed by atoms with Gasteiger partial charge in [-0.25, -0.2) is 0 Å². The molecule has 2 aromatic carbocycles. The Kier molecular flexibility index (Phi) is 8.83. The Hall–Kier alpha value is -2.02. The van der Waals surface area contributed by atoms with Gasteiger partial charge >= 0.3 is 0 Å². The van der Waals surface area contributed by atoms with E-state index in [-0.39, 0.29) is 24.0 Å². The Labute approximate surface area is 186 Å². The number of nitrogens with zero attached hydrogens (tertiary/aromatic N) is 2. The maximum absolute atomic E-state index is 4.34. The second-order valence-corrected chi connectivity index (χ2v) is 7.16. The van der Waals surface area contributed by atoms with Crippen LogP contribution < -0.4 is 15.5 Å². The van der Waals surface area contributed by atoms with E-state index in [1.165, 1.54) is 22.4 Å². The van der Waals surface area contributed by atoms with Gasteiger partial charge in [0, 0.05) is 38.9 Å². The topological polar surface area (TPSA) is 39.7 Å². The second-order valence-electron chi connectivity index (χ2n) is 7.16. The molecule has 0 bridgehead atoms. The lowest BCUT2D eigenvalue weighted by molar-refractivity contribution is 0.698. The maximum Gasteiger partial charge on any atom is 0.191 e. The van der Waals surface area contributed by atoms with Crippen molar-refractivity contribution in [2.45, 2.75) is 26.3 Å². The molecule has 2 aromatic rings. The van der Waals surface area contributed by atoms with E-state index >= 15 is 0 Å². The summed E-state index contributed by atoms with van der Waals surface area (Å²) in [6.45, 7) is 8.00. The van der Waals surface area contributed by atoms with Gasteiger partial charge in [-0.05, 0) is 36.1 Å². The first-order chi connectivity index (χ1) is 13.2. The Balaban J connectivity index is 0.00000280. The summed E-state index contributed by atoms with van der Waals surface area (Å²) in [6, 6.07) is 17.4. The van der Waals surface area contributed by atoms with Crippen LogP contribution in [0.5, 0.6) is 0 Å². The van der Waals surface area contributed by atoms with E-state index < -0.39 is 0 Å². The molecule has 1 atom stereocenters. The molecular weight excluding hydrogens is 459 g/mol. The van der Waals surface area contributed by atoms with Crippen LogP contribution >= 0.6 is 24.0 Å². The lowest BCUT2D eigenvalue weighted by atomic mass is 9.99. The van der Waals surface area contributed by atoms with Crippen molar-refractivity contribution in [1.82, 2.24) is 10.6 Å². The fourth-order valence-electron chi connectivity index (χ4n) is 3.26. The summed E-state index contributed by atoms with van der Waals surface area (Å²) in [5, 5.41) is 6.84. The van der Waals surface area contributed by atoms with Crippen LogP contribution in [-0.4, -0.2) is 32.6 Å². The first kappa shape index (κ1) is 22.3. The van der Waals surface area contributed by atoms with Gasteiger partial charge in [0.05, 0.1) is 0 Å². The van der Waals surface area contributed by atoms with Crippen molar-refractivity contribution in [3.8, 4) is 0 Å². The van der Waals surface area contributed by atoms with Crippen LogP contribution in [0.2, 0.25) is 0 Å². The van der Waals surface area contributed by atoms with Gasteiger partial charge in [0.25, 0.3) is 0 Å². The Morgan fingerprint density at radius 2 is 1.79 bits per heavy atom. The summed E-state index contributed by atoms with van der Waals surface area (Å²) in [7, 11) is 1.82. The number of nitrogens with one attached hydrogen (secondary N) is 2. The standard InChI is InChI=1S/C23H30N4.HI/c1-18-7-6-8-21(15-18)19(2)16-25-23(24-3)26-17-20-9-11-22(12-10-20)27-13-4-5-14-27;/h4-12,15,19H,13-14,16-17H2,1-3H3,(H2,24,25,26);1H. The van der Waals surface area contributed by atoms with E-state index in [4.69, 9.17) is 0 Å². The molecule has 1 unspecified atom stereocenters. The highest BCUT2D eigenvalue weighted by Gasteiger charge is 2.08. The molecule has 0 aliphatic carbocycles. The van der Waals surface area contributed by atoms with Crippen LogP contribution in [0, 0.1) is 6.92 Å². The summed E-state index contributed by atoms with van der Waals surface area (Å²) in [4.78, 5) is 6.70. The van der Waals surface area contributed by atoms with Gasteiger partial charge in [0.15, 0.2) is 5.96 Å². The molecule has 1 aliphatic heterocycles. The van der Waals surface area contributed by atoms with Crippen LogP contribution in [0.15, 0.2) is 65.7 Å². The maximum atomic E-state index is 4.34. The van der Waals surface area contributed by atoms with Gasteiger partial charge in [0.1, 0.15) is 0 Å². The molecule has 150 valence electrons. The van der Waals surface area contributed by atoms with Crippen LogP contribution in [0.4, 0.5) is 5.69 Å². The smallest absolute Gasteiger partial charge is 0.191 e. The average molecular weight is 490 g/mol. The minimum atomic E-state index is 0. The Morgan fingerprint density at radius 1 is 1.07 bits per heavy atom. The van der Waals surface area contributed by atoms with E-state index in [2.05, 4.69) is 95.1 Å². The van der Waals surface area contributed by atoms with E-state index in [1.54, 1.807) is 0 Å². The lowest BCUT2D eigenvalue weighted by Crippen LogP contribution is -2.38. The zero-order valence-corrected chi connectivity index (χ0v) is 19.3. The van der Waals surface area contributed by atoms with Crippen LogP contribution in [-0.2, 0) is 6.54 Å². The van der Waals surface area contributed by atoms with E-state index in [0.29, 0.717) is 5.92 Å². The van der Waals surface area contributed by atoms with Crippen molar-refractivity contribution in [3.05, 3.63) is 77.4 Å². The summed E-state index contributed by atoms with van der Waals surface area (Å²) >= 11 is 0. The minimum Gasteiger partial charge on any atom is -0.364 e. The van der Waals surface area contributed by atoms with Gasteiger partial charge in [-0.1, -0.05) is 61.0 Å². The molecule has 0 aromatic heterocycles. The normalized spacial score (nSPS) is 14.5. The molecule has 0 saturated heterocycles. The van der Waals surface area contributed by atoms with Gasteiger partial charge in [-0.3, -0.25) is 4.99 Å². The minimum absolute atomic E-state index is 0. The third-order valence-electron chi connectivity index (χ3n) is 4.99. The van der Waals surface area contributed by atoms with E-state index in [1.807, 2.05) is 7.05 Å². The summed E-state index contributed by atoms with van der Waals surface area (Å²) in [5.74, 6) is 1.26. The quantitative estimate of drug-likeness (QED) is 0.272. The number of halogens is 1. The van der Waals surface area contributed by atoms with Crippen molar-refractivity contribution >= 4 is 35.6 Å². The number of guanidine groups is 1. The Bertz CT molecular complexity index is 791. The first-order valence-corrected chi connectivity index (χ1v) is 9.65. The van der Waals surface area contributed by atoms with Crippen LogP contribution in [0.1, 0.15) is 29.5 Å². The van der Waals surface area contributed by atoms with Crippen molar-refractivity contribution in [3.63, 3.8) is 0 Å². The van der Waals surface area contributed by atoms with Crippen molar-refractivity contribution in [2.75, 3.05) is 31.6 Å². The zero-order chi connectivity index (χ0) is 19.1. The summed E-state index contributed by atoms with van der Waals surface area (Å²) in [6.07, 6.45) is 4.42. The molecule has 1 heterocycles. The van der Waals surface area contributed by atoms with Crippen molar-refractivity contribution in [1.29, 1.82) is 0 Å². The largest absolute Gasteiger partial charge is 0.364 e. The molecule has 5 heteroatoms. The number of aryl methyl sites for hydroxylation is 1. The van der Waals surface area contributed by atoms with Gasteiger partial charge in [0.2, 0.25) is 0 Å². The number of hydrogen-bond acceptors (Lipinski definition) is 2. The fraction of sp³-hybridized carbons (Fsp3) is 0.348. The van der Waals surface area contributed by atoms with Gasteiger partial charge < -0.3 is 15.5 Å². The molecule has 0 radical (unpaired) electrons. The first-order valence-electron chi connectivity index (χ1n) is 9.65. The molecule has 4 nitrogen and oxygen atoms in total. The predicted octanol–water partition coefficient (Wildman–Crippen LogP) is 4.46. The molecule has 0 saturated carbocycles. The number of aliphatic imine (C=N–C) groups is 1. The number of rotatable bonds is 6. The monoisotopic (exact) mass is 490 g/mol. The number of anilines is 1. The third kappa shape index (κ3) is 6.26. The summed E-state index contributed by atoms with van der Waals surface area (Å²) in [5.41, 5.74) is 5.18. The Morgan fingerprint density at radius 3 is 2.43 bits per heavy atom. The van der Waals surface area contributed by atoms with E-state index in [0.717, 1.165) is 32.1 Å².